The molecule has 0 fully saturated rings. The molecular formula is C28H23ClN6O2. The number of nitrogens with zero attached hydrogens (tertiary/aromatic N) is 6. The first-order chi connectivity index (χ1) is 18.0. The van der Waals surface area contributed by atoms with Crippen LogP contribution in [0.4, 0.5) is 11.4 Å². The molecule has 3 heterocycles. The van der Waals surface area contributed by atoms with E-state index in [1.54, 1.807) is 26.6 Å². The highest BCUT2D eigenvalue weighted by Crippen LogP contribution is 2.34. The van der Waals surface area contributed by atoms with Crippen molar-refractivity contribution in [2.24, 2.45) is 7.05 Å². The molecule has 37 heavy (non-hydrogen) atoms. The van der Waals surface area contributed by atoms with E-state index in [4.69, 9.17) is 26.1 Å². The Morgan fingerprint density at radius 3 is 2.43 bits per heavy atom. The summed E-state index contributed by atoms with van der Waals surface area (Å²) in [4.78, 5) is 19.8. The largest absolute Gasteiger partial charge is 0.497 e. The summed E-state index contributed by atoms with van der Waals surface area (Å²) in [6.45, 7) is 0.349. The first-order valence-corrected chi connectivity index (χ1v) is 11.8. The number of hydrogen-bond acceptors (Lipinski definition) is 7. The number of rotatable bonds is 6. The zero-order chi connectivity index (χ0) is 25.8. The van der Waals surface area contributed by atoms with E-state index in [2.05, 4.69) is 26.8 Å². The van der Waals surface area contributed by atoms with Crippen molar-refractivity contribution in [3.63, 3.8) is 0 Å². The summed E-state index contributed by atoms with van der Waals surface area (Å²) in [5.74, 6) is 7.56. The lowest BCUT2D eigenvalue weighted by Crippen LogP contribution is -2.17. The standard InChI is InChI=1S/C28H23ClN6O2/c1-34-10-8-19(18-34)27-16-31-25-7-6-21(13-26(25)33-27)35(9-4-5-20-15-30-17-28(29)32-20)22-11-23(36-2)14-24(12-22)37-3/h6-8,10-18H,9H2,1-3H3. The van der Waals surface area contributed by atoms with Gasteiger partial charge >= 0.3 is 0 Å². The third-order valence-corrected chi connectivity index (χ3v) is 5.85. The van der Waals surface area contributed by atoms with Crippen molar-refractivity contribution < 1.29 is 9.47 Å². The van der Waals surface area contributed by atoms with Crippen LogP contribution in [0.3, 0.4) is 0 Å². The number of methoxy groups -OCH3 is 2. The summed E-state index contributed by atoms with van der Waals surface area (Å²) in [6, 6.07) is 13.6. The maximum absolute atomic E-state index is 5.96. The third kappa shape index (κ3) is 5.47. The highest BCUT2D eigenvalue weighted by Gasteiger charge is 2.14. The maximum atomic E-state index is 5.96. The average Bonchev–Trinajstić information content (AvgIpc) is 3.36. The quantitative estimate of drug-likeness (QED) is 0.287. The third-order valence-electron chi connectivity index (χ3n) is 5.67. The lowest BCUT2D eigenvalue weighted by atomic mass is 10.2. The number of anilines is 2. The Morgan fingerprint density at radius 2 is 1.73 bits per heavy atom. The van der Waals surface area contributed by atoms with Gasteiger partial charge in [0.25, 0.3) is 0 Å². The van der Waals surface area contributed by atoms with Crippen LogP contribution in [0.15, 0.2) is 73.4 Å². The second-order valence-electron chi connectivity index (χ2n) is 8.18. The van der Waals surface area contributed by atoms with Gasteiger partial charge in [0.05, 0.1) is 56.1 Å². The van der Waals surface area contributed by atoms with Gasteiger partial charge in [-0.15, -0.1) is 0 Å². The molecule has 0 aliphatic rings. The van der Waals surface area contributed by atoms with E-state index < -0.39 is 0 Å². The monoisotopic (exact) mass is 510 g/mol. The maximum Gasteiger partial charge on any atom is 0.148 e. The van der Waals surface area contributed by atoms with Gasteiger partial charge in [-0.2, -0.15) is 0 Å². The number of hydrogen-bond donors (Lipinski definition) is 0. The van der Waals surface area contributed by atoms with E-state index in [1.165, 1.54) is 6.20 Å². The van der Waals surface area contributed by atoms with Gasteiger partial charge in [0.1, 0.15) is 22.3 Å². The van der Waals surface area contributed by atoms with Gasteiger partial charge in [0.2, 0.25) is 0 Å². The Morgan fingerprint density at radius 1 is 0.919 bits per heavy atom. The minimum Gasteiger partial charge on any atom is -0.497 e. The molecule has 0 aliphatic heterocycles. The molecule has 0 atom stereocenters. The number of halogens is 1. The predicted octanol–water partition coefficient (Wildman–Crippen LogP) is 5.29. The highest BCUT2D eigenvalue weighted by molar-refractivity contribution is 6.29. The number of benzene rings is 2. The second kappa shape index (κ2) is 10.6. The van der Waals surface area contributed by atoms with E-state index >= 15 is 0 Å². The molecule has 3 aromatic heterocycles. The zero-order valence-electron chi connectivity index (χ0n) is 20.5. The molecule has 0 saturated heterocycles. The minimum absolute atomic E-state index is 0.295. The van der Waals surface area contributed by atoms with E-state index in [1.807, 2.05) is 71.4 Å². The van der Waals surface area contributed by atoms with Crippen molar-refractivity contribution in [2.75, 3.05) is 25.7 Å². The molecule has 0 unspecified atom stereocenters. The molecule has 0 spiro atoms. The minimum atomic E-state index is 0.295. The van der Waals surface area contributed by atoms with E-state index in [9.17, 15) is 0 Å². The summed E-state index contributed by atoms with van der Waals surface area (Å²) in [7, 11) is 5.22. The molecule has 0 aliphatic carbocycles. The zero-order valence-corrected chi connectivity index (χ0v) is 21.3. The first-order valence-electron chi connectivity index (χ1n) is 11.4. The fraction of sp³-hybridized carbons (Fsp3) is 0.143. The van der Waals surface area contributed by atoms with Crippen LogP contribution in [-0.4, -0.2) is 45.3 Å². The Balaban J connectivity index is 1.58. The van der Waals surface area contributed by atoms with Crippen LogP contribution in [0.2, 0.25) is 5.15 Å². The summed E-state index contributed by atoms with van der Waals surface area (Å²) in [6.07, 6.45) is 8.84. The van der Waals surface area contributed by atoms with Crippen molar-refractivity contribution in [3.8, 4) is 34.6 Å². The van der Waals surface area contributed by atoms with Gasteiger partial charge in [-0.3, -0.25) is 9.97 Å². The summed E-state index contributed by atoms with van der Waals surface area (Å²) < 4.78 is 13.0. The van der Waals surface area contributed by atoms with Crippen LogP contribution in [0, 0.1) is 11.8 Å². The van der Waals surface area contributed by atoms with Crippen LogP contribution in [-0.2, 0) is 7.05 Å². The van der Waals surface area contributed by atoms with Crippen LogP contribution in [0.5, 0.6) is 11.5 Å². The van der Waals surface area contributed by atoms with Gasteiger partial charge in [-0.05, 0) is 30.2 Å². The first kappa shape index (κ1) is 24.1. The smallest absolute Gasteiger partial charge is 0.148 e. The Labute approximate surface area is 219 Å². The van der Waals surface area contributed by atoms with Gasteiger partial charge in [-0.1, -0.05) is 17.5 Å². The predicted molar refractivity (Wildman–Crippen MR) is 144 cm³/mol. The molecule has 2 aromatic carbocycles. The lowest BCUT2D eigenvalue weighted by Gasteiger charge is -2.24. The molecule has 5 rings (SSSR count). The molecule has 8 nitrogen and oxygen atoms in total. The highest BCUT2D eigenvalue weighted by atomic mass is 35.5. The van der Waals surface area contributed by atoms with E-state index in [-0.39, 0.29) is 0 Å². The van der Waals surface area contributed by atoms with Crippen molar-refractivity contribution in [1.29, 1.82) is 0 Å². The van der Waals surface area contributed by atoms with E-state index in [0.29, 0.717) is 28.9 Å². The molecule has 0 N–H and O–H groups in total. The van der Waals surface area contributed by atoms with Crippen molar-refractivity contribution in [2.45, 2.75) is 0 Å². The van der Waals surface area contributed by atoms with Crippen molar-refractivity contribution in [3.05, 3.63) is 84.3 Å². The van der Waals surface area contributed by atoms with Gasteiger partial charge in [0, 0.05) is 54.6 Å². The summed E-state index contributed by atoms with van der Waals surface area (Å²) >= 11 is 5.96. The van der Waals surface area contributed by atoms with Crippen LogP contribution in [0.25, 0.3) is 22.3 Å². The molecule has 0 radical (unpaired) electrons. The van der Waals surface area contributed by atoms with Gasteiger partial charge in [-0.25, -0.2) is 9.97 Å². The molecular weight excluding hydrogens is 488 g/mol. The SMILES string of the molecule is COc1cc(OC)cc(N(CC#Cc2cncc(Cl)n2)c2ccc3ncc(-c4ccn(C)c4)nc3c2)c1. The molecule has 0 bridgehead atoms. The average molecular weight is 511 g/mol. The van der Waals surface area contributed by atoms with Crippen LogP contribution < -0.4 is 14.4 Å². The summed E-state index contributed by atoms with van der Waals surface area (Å²) in [5.41, 5.74) is 5.60. The Kier molecular flexibility index (Phi) is 6.88. The van der Waals surface area contributed by atoms with Crippen molar-refractivity contribution >= 4 is 34.0 Å². The molecule has 184 valence electrons. The number of aromatic nitrogens is 5. The molecule has 0 saturated carbocycles. The number of fused-ring (bicyclic) bond motifs is 1. The van der Waals surface area contributed by atoms with Crippen molar-refractivity contribution in [1.82, 2.24) is 24.5 Å². The Hall–Kier alpha value is -4.61. The Bertz CT molecular complexity index is 1620. The normalized spacial score (nSPS) is 10.6. The fourth-order valence-electron chi connectivity index (χ4n) is 3.85. The topological polar surface area (TPSA) is 78.2 Å². The molecule has 9 heteroatoms. The lowest BCUT2D eigenvalue weighted by molar-refractivity contribution is 0.394. The second-order valence-corrected chi connectivity index (χ2v) is 8.57. The van der Waals surface area contributed by atoms with Gasteiger partial charge < -0.3 is 18.9 Å². The van der Waals surface area contributed by atoms with Crippen LogP contribution in [0.1, 0.15) is 5.69 Å². The fourth-order valence-corrected chi connectivity index (χ4v) is 4.00. The summed E-state index contributed by atoms with van der Waals surface area (Å²) in [5, 5.41) is 0.295. The van der Waals surface area contributed by atoms with Gasteiger partial charge in [0.15, 0.2) is 0 Å². The molecule has 0 amide bonds. The number of aryl methyl sites for hydroxylation is 1. The molecule has 5 aromatic rings. The van der Waals surface area contributed by atoms with E-state index in [0.717, 1.165) is 33.7 Å². The number of ether oxygens (including phenoxy) is 2. The van der Waals surface area contributed by atoms with Crippen LogP contribution >= 0.6 is 11.6 Å².